The van der Waals surface area contributed by atoms with Gasteiger partial charge < -0.3 is 5.11 Å². The second-order valence-corrected chi connectivity index (χ2v) is 7.27. The topological polar surface area (TPSA) is 65.4 Å². The van der Waals surface area contributed by atoms with Gasteiger partial charge in [-0.15, -0.1) is 0 Å². The van der Waals surface area contributed by atoms with Crippen LogP contribution in [-0.4, -0.2) is 10.9 Å². The number of aliphatic hydroxyl groups excluding tert-OH is 1. The average molecular weight is 251 g/mol. The first-order chi connectivity index (χ1) is 8.00. The SMILES string of the molecule is CC(C)(C)C1CC(C(C)(C)C)C(O)=C([N+]#N)C1=O. The maximum absolute atomic E-state index is 12.2. The van der Waals surface area contributed by atoms with Crippen LogP contribution in [0.3, 0.4) is 0 Å². The summed E-state index contributed by atoms with van der Waals surface area (Å²) in [5, 5.41) is 19.1. The first-order valence-corrected chi connectivity index (χ1v) is 6.32. The van der Waals surface area contributed by atoms with Crippen LogP contribution >= 0.6 is 0 Å². The summed E-state index contributed by atoms with van der Waals surface area (Å²) in [6.45, 7) is 12.0. The lowest BCUT2D eigenvalue weighted by molar-refractivity contribution is -0.124. The summed E-state index contributed by atoms with van der Waals surface area (Å²) in [7, 11) is 0. The van der Waals surface area contributed by atoms with Gasteiger partial charge >= 0.3 is 5.70 Å². The summed E-state index contributed by atoms with van der Waals surface area (Å²) in [5.41, 5.74) is -0.553. The number of aliphatic hydroxyl groups is 1. The van der Waals surface area contributed by atoms with Gasteiger partial charge in [-0.25, -0.2) is 0 Å². The number of ketones is 1. The van der Waals surface area contributed by atoms with Crippen molar-refractivity contribution in [2.75, 3.05) is 0 Å². The van der Waals surface area contributed by atoms with Gasteiger partial charge in [-0.2, -0.15) is 0 Å². The molecule has 0 aliphatic heterocycles. The number of rotatable bonds is 0. The number of allylic oxidation sites excluding steroid dienone is 2. The van der Waals surface area contributed by atoms with Crippen molar-refractivity contribution in [3.63, 3.8) is 0 Å². The van der Waals surface area contributed by atoms with Crippen LogP contribution in [0, 0.1) is 28.1 Å². The van der Waals surface area contributed by atoms with E-state index >= 15 is 0 Å². The number of carbonyl (C=O) groups excluding carboxylic acids is 1. The monoisotopic (exact) mass is 251 g/mol. The third-order valence-corrected chi connectivity index (χ3v) is 3.78. The lowest BCUT2D eigenvalue weighted by Crippen LogP contribution is -2.39. The van der Waals surface area contributed by atoms with E-state index in [9.17, 15) is 9.90 Å². The molecule has 0 aromatic heterocycles. The highest BCUT2D eigenvalue weighted by atomic mass is 16.3. The molecule has 0 fully saturated rings. The first-order valence-electron chi connectivity index (χ1n) is 6.32. The molecule has 1 aliphatic carbocycles. The van der Waals surface area contributed by atoms with Gasteiger partial charge in [-0.05, 0) is 17.3 Å². The van der Waals surface area contributed by atoms with Crippen LogP contribution in [0.15, 0.2) is 11.5 Å². The number of hydrogen-bond acceptors (Lipinski definition) is 3. The molecule has 1 rings (SSSR count). The molecule has 0 radical (unpaired) electrons. The van der Waals surface area contributed by atoms with E-state index in [1.807, 2.05) is 41.5 Å². The van der Waals surface area contributed by atoms with Crippen molar-refractivity contribution < 1.29 is 9.90 Å². The highest BCUT2D eigenvalue weighted by molar-refractivity contribution is 6.00. The van der Waals surface area contributed by atoms with Crippen LogP contribution < -0.4 is 0 Å². The lowest BCUT2D eigenvalue weighted by Gasteiger charge is -2.38. The third-order valence-electron chi connectivity index (χ3n) is 3.78. The number of nitrogens with zero attached hydrogens (tertiary/aromatic N) is 2. The van der Waals surface area contributed by atoms with Crippen molar-refractivity contribution in [2.45, 2.75) is 48.0 Å². The Kier molecular flexibility index (Phi) is 3.58. The molecule has 0 spiro atoms. The van der Waals surface area contributed by atoms with E-state index in [0.717, 1.165) is 0 Å². The standard InChI is InChI=1S/C14H22N2O2/c1-13(2,3)8-7-9(14(4,5)6)12(18)10(16-15)11(8)17/h8-9H,7H2,1-6H3/p+1. The van der Waals surface area contributed by atoms with Gasteiger partial charge in [0.05, 0.1) is 0 Å². The second-order valence-electron chi connectivity index (χ2n) is 7.27. The molecule has 2 atom stereocenters. The minimum Gasteiger partial charge on any atom is -0.505 e. The molecule has 4 nitrogen and oxygen atoms in total. The molecule has 1 N–H and O–H groups in total. The predicted molar refractivity (Wildman–Crippen MR) is 70.3 cm³/mol. The van der Waals surface area contributed by atoms with Crippen LogP contribution in [0.4, 0.5) is 0 Å². The van der Waals surface area contributed by atoms with Crippen molar-refractivity contribution in [2.24, 2.45) is 22.7 Å². The smallest absolute Gasteiger partial charge is 0.464 e. The highest BCUT2D eigenvalue weighted by Gasteiger charge is 2.51. The summed E-state index contributed by atoms with van der Waals surface area (Å²) in [4.78, 5) is 15.2. The summed E-state index contributed by atoms with van der Waals surface area (Å²) < 4.78 is 0. The van der Waals surface area contributed by atoms with Gasteiger partial charge in [0.25, 0.3) is 5.78 Å². The van der Waals surface area contributed by atoms with Gasteiger partial charge in [-0.3, -0.25) is 4.79 Å². The fraction of sp³-hybridized carbons (Fsp3) is 0.786. The molecule has 2 unspecified atom stereocenters. The quantitative estimate of drug-likeness (QED) is 0.664. The molecular weight excluding hydrogens is 228 g/mol. The zero-order chi connectivity index (χ0) is 14.3. The summed E-state index contributed by atoms with van der Waals surface area (Å²) in [6, 6.07) is 0. The predicted octanol–water partition coefficient (Wildman–Crippen LogP) is 3.91. The lowest BCUT2D eigenvalue weighted by atomic mass is 9.64. The Bertz CT molecular complexity index is 430. The van der Waals surface area contributed by atoms with Crippen LogP contribution in [0.25, 0.3) is 4.98 Å². The van der Waals surface area contributed by atoms with Crippen LogP contribution in [0.2, 0.25) is 0 Å². The molecule has 1 aliphatic rings. The van der Waals surface area contributed by atoms with Crippen LogP contribution in [0.5, 0.6) is 0 Å². The van der Waals surface area contributed by atoms with Gasteiger partial charge in [0, 0.05) is 11.8 Å². The van der Waals surface area contributed by atoms with Crippen LogP contribution in [-0.2, 0) is 4.79 Å². The Morgan fingerprint density at radius 1 is 1.11 bits per heavy atom. The molecule has 100 valence electrons. The summed E-state index contributed by atoms with van der Waals surface area (Å²) in [6.07, 6.45) is 0.594. The van der Waals surface area contributed by atoms with Crippen LogP contribution in [0.1, 0.15) is 48.0 Å². The number of hydrogen-bond donors (Lipinski definition) is 1. The van der Waals surface area contributed by atoms with E-state index in [1.54, 1.807) is 0 Å². The molecule has 0 saturated carbocycles. The Balaban J connectivity index is 3.33. The van der Waals surface area contributed by atoms with E-state index in [-0.39, 0.29) is 39.9 Å². The normalized spacial score (nSPS) is 26.2. The Labute approximate surface area is 109 Å². The van der Waals surface area contributed by atoms with E-state index in [2.05, 4.69) is 4.98 Å². The molecule has 0 bridgehead atoms. The Hall–Kier alpha value is -1.37. The minimum absolute atomic E-state index is 0.0736. The first kappa shape index (κ1) is 14.7. The van der Waals surface area contributed by atoms with E-state index in [4.69, 9.17) is 5.39 Å². The zero-order valence-corrected chi connectivity index (χ0v) is 12.1. The molecule has 18 heavy (non-hydrogen) atoms. The van der Waals surface area contributed by atoms with E-state index in [1.165, 1.54) is 0 Å². The second kappa shape index (κ2) is 4.38. The summed E-state index contributed by atoms with van der Waals surface area (Å²) in [5.74, 6) is -0.729. The highest BCUT2D eigenvalue weighted by Crippen LogP contribution is 2.46. The molecule has 0 aromatic carbocycles. The fourth-order valence-electron chi connectivity index (χ4n) is 2.52. The summed E-state index contributed by atoms with van der Waals surface area (Å²) >= 11 is 0. The molecule has 0 heterocycles. The number of Topliss-reactive ketones (excluding diaryl/α,β-unsaturated/α-hetero) is 1. The van der Waals surface area contributed by atoms with E-state index in [0.29, 0.717) is 6.42 Å². The fourth-order valence-corrected chi connectivity index (χ4v) is 2.52. The third kappa shape index (κ3) is 2.55. The molecule has 0 saturated heterocycles. The number of carbonyl (C=O) groups is 1. The van der Waals surface area contributed by atoms with Gasteiger partial charge in [0.2, 0.25) is 5.39 Å². The molecule has 0 aromatic rings. The largest absolute Gasteiger partial charge is 0.505 e. The van der Waals surface area contributed by atoms with Crippen molar-refractivity contribution in [1.82, 2.24) is 0 Å². The Morgan fingerprint density at radius 3 is 1.89 bits per heavy atom. The van der Waals surface area contributed by atoms with Gasteiger partial charge in [-0.1, -0.05) is 41.5 Å². The molecular formula is C14H23N2O2+. The van der Waals surface area contributed by atoms with Crippen molar-refractivity contribution >= 4 is 5.78 Å². The zero-order valence-electron chi connectivity index (χ0n) is 12.1. The number of diazo groups is 1. The Morgan fingerprint density at radius 2 is 1.56 bits per heavy atom. The molecule has 0 amide bonds. The average Bonchev–Trinajstić information content (AvgIpc) is 2.14. The van der Waals surface area contributed by atoms with Crippen molar-refractivity contribution in [3.05, 3.63) is 16.4 Å². The molecule has 4 heteroatoms. The van der Waals surface area contributed by atoms with Crippen molar-refractivity contribution in [3.8, 4) is 0 Å². The maximum atomic E-state index is 12.2. The van der Waals surface area contributed by atoms with Gasteiger partial charge in [0.1, 0.15) is 0 Å². The van der Waals surface area contributed by atoms with E-state index < -0.39 is 0 Å². The van der Waals surface area contributed by atoms with Gasteiger partial charge in [0.15, 0.2) is 10.7 Å². The maximum Gasteiger partial charge on any atom is 0.464 e. The minimum atomic E-state index is -0.261. The van der Waals surface area contributed by atoms with Crippen molar-refractivity contribution in [1.29, 1.82) is 5.39 Å².